The van der Waals surface area contributed by atoms with Crippen molar-refractivity contribution in [1.82, 2.24) is 9.80 Å². The molecule has 0 aliphatic carbocycles. The third kappa shape index (κ3) is 5.46. The van der Waals surface area contributed by atoms with Gasteiger partial charge in [-0.25, -0.2) is 0 Å². The summed E-state index contributed by atoms with van der Waals surface area (Å²) in [7, 11) is 0. The van der Waals surface area contributed by atoms with Gasteiger partial charge in [0.05, 0.1) is 0 Å². The van der Waals surface area contributed by atoms with Crippen molar-refractivity contribution in [2.75, 3.05) is 62.2 Å². The van der Waals surface area contributed by atoms with E-state index in [0.29, 0.717) is 13.1 Å². The quantitative estimate of drug-likeness (QED) is 0.481. The van der Waals surface area contributed by atoms with Crippen LogP contribution in [0.15, 0.2) is 60.7 Å². The molecule has 5 rings (SSSR count). The fourth-order valence-electron chi connectivity index (χ4n) is 5.82. The van der Waals surface area contributed by atoms with Crippen LogP contribution in [-0.4, -0.2) is 74.3 Å². The van der Waals surface area contributed by atoms with E-state index < -0.39 is 0 Å². The van der Waals surface area contributed by atoms with Gasteiger partial charge in [0, 0.05) is 87.6 Å². The predicted octanol–water partition coefficient (Wildman–Crippen LogP) is 4.89. The largest absolute Gasteiger partial charge is 0.369 e. The normalized spacial score (nSPS) is 16.6. The number of aryl methyl sites for hydroxylation is 3. The van der Waals surface area contributed by atoms with Crippen LogP contribution >= 0.6 is 0 Å². The van der Waals surface area contributed by atoms with Crippen LogP contribution in [0.3, 0.4) is 0 Å². The Bertz CT molecular complexity index is 1300. The lowest BCUT2D eigenvalue weighted by Gasteiger charge is -2.37. The zero-order chi connectivity index (χ0) is 26.6. The molecule has 6 heteroatoms. The maximum absolute atomic E-state index is 13.6. The van der Waals surface area contributed by atoms with Crippen molar-refractivity contribution in [2.24, 2.45) is 0 Å². The van der Waals surface area contributed by atoms with Gasteiger partial charge in [-0.05, 0) is 61.2 Å². The summed E-state index contributed by atoms with van der Waals surface area (Å²) in [5, 5.41) is 7.71. The molecule has 0 spiro atoms. The van der Waals surface area contributed by atoms with E-state index in [0.717, 1.165) is 68.2 Å². The first-order valence-corrected chi connectivity index (χ1v) is 13.7. The molecule has 0 bridgehead atoms. The topological polar surface area (TPSA) is 53.9 Å². The average Bonchev–Trinajstić information content (AvgIpc) is 2.95. The van der Waals surface area contributed by atoms with Gasteiger partial charge in [0.15, 0.2) is 0 Å². The molecular weight excluding hydrogens is 470 g/mol. The number of carbonyl (C=O) groups is 1. The Kier molecular flexibility index (Phi) is 7.79. The second-order valence-electron chi connectivity index (χ2n) is 10.6. The summed E-state index contributed by atoms with van der Waals surface area (Å²) in [6, 6.07) is 21.0. The van der Waals surface area contributed by atoms with Gasteiger partial charge in [-0.15, -0.1) is 0 Å². The molecule has 3 aromatic carbocycles. The minimum absolute atomic E-state index is 0.133. The van der Waals surface area contributed by atoms with E-state index >= 15 is 0 Å². The smallest absolute Gasteiger partial charge is 0.254 e. The molecule has 2 aliphatic rings. The molecule has 2 heterocycles. The van der Waals surface area contributed by atoms with Crippen LogP contribution in [0.25, 0.3) is 0 Å². The van der Waals surface area contributed by atoms with Crippen molar-refractivity contribution in [1.29, 1.82) is 5.41 Å². The fourth-order valence-corrected chi connectivity index (χ4v) is 5.82. The number of hydrogen-bond donors (Lipinski definition) is 1. The molecule has 2 fully saturated rings. The lowest BCUT2D eigenvalue weighted by Crippen LogP contribution is -2.49. The number of para-hydroxylation sites is 2. The van der Waals surface area contributed by atoms with Crippen molar-refractivity contribution in [2.45, 2.75) is 27.3 Å². The number of nitrogens with one attached hydrogen (secondary N) is 1. The van der Waals surface area contributed by atoms with Crippen LogP contribution in [0.4, 0.5) is 11.4 Å². The molecule has 1 amide bonds. The summed E-state index contributed by atoms with van der Waals surface area (Å²) < 4.78 is 0. The summed E-state index contributed by atoms with van der Waals surface area (Å²) in [4.78, 5) is 22.9. The van der Waals surface area contributed by atoms with Crippen LogP contribution in [0.1, 0.15) is 38.2 Å². The number of anilines is 2. The monoisotopic (exact) mass is 509 g/mol. The first-order valence-electron chi connectivity index (χ1n) is 13.7. The van der Waals surface area contributed by atoms with Gasteiger partial charge in [0.25, 0.3) is 5.91 Å². The highest BCUT2D eigenvalue weighted by Gasteiger charge is 2.25. The summed E-state index contributed by atoms with van der Waals surface area (Å²) in [6.07, 6.45) is 1.41. The molecule has 3 aromatic rings. The maximum atomic E-state index is 13.6. The van der Waals surface area contributed by atoms with Gasteiger partial charge in [0.1, 0.15) is 0 Å². The standard InChI is InChI=1S/C32H39N5O/c1-24-8-4-6-10-30(24)35-14-12-34(13-15-35)23-28-21-29(26(3)20-25(28)2)32(38)37-18-16-36(17-19-37)31-11-7-5-9-27(31)22-33/h4-11,20-22,33H,12-19,23H2,1-3H3. The van der Waals surface area contributed by atoms with E-state index in [1.807, 2.05) is 23.1 Å². The molecule has 6 nitrogen and oxygen atoms in total. The van der Waals surface area contributed by atoms with Crippen LogP contribution in [0.2, 0.25) is 0 Å². The van der Waals surface area contributed by atoms with Crippen LogP contribution < -0.4 is 9.80 Å². The summed E-state index contributed by atoms with van der Waals surface area (Å²) in [5.74, 6) is 0.133. The second-order valence-corrected chi connectivity index (χ2v) is 10.6. The molecule has 0 aromatic heterocycles. The Balaban J connectivity index is 1.23. The highest BCUT2D eigenvalue weighted by Crippen LogP contribution is 2.25. The predicted molar refractivity (Wildman–Crippen MR) is 157 cm³/mol. The van der Waals surface area contributed by atoms with Gasteiger partial charge >= 0.3 is 0 Å². The minimum Gasteiger partial charge on any atom is -0.369 e. The van der Waals surface area contributed by atoms with E-state index in [9.17, 15) is 4.79 Å². The lowest BCUT2D eigenvalue weighted by atomic mass is 9.98. The van der Waals surface area contributed by atoms with E-state index in [1.54, 1.807) is 0 Å². The zero-order valence-corrected chi connectivity index (χ0v) is 22.9. The number of nitrogens with zero attached hydrogens (tertiary/aromatic N) is 4. The number of benzene rings is 3. The summed E-state index contributed by atoms with van der Waals surface area (Å²) in [5.41, 5.74) is 9.06. The van der Waals surface area contributed by atoms with Crippen molar-refractivity contribution < 1.29 is 4.79 Å². The average molecular weight is 510 g/mol. The Labute approximate surface area is 227 Å². The third-order valence-corrected chi connectivity index (χ3v) is 8.14. The van der Waals surface area contributed by atoms with Gasteiger partial charge in [-0.3, -0.25) is 9.69 Å². The molecule has 0 atom stereocenters. The number of amides is 1. The molecule has 198 valence electrons. The molecule has 38 heavy (non-hydrogen) atoms. The van der Waals surface area contributed by atoms with Gasteiger partial charge in [-0.2, -0.15) is 0 Å². The Morgan fingerprint density at radius 3 is 2.03 bits per heavy atom. The molecule has 0 radical (unpaired) electrons. The van der Waals surface area contributed by atoms with E-state index in [4.69, 9.17) is 5.41 Å². The highest BCUT2D eigenvalue weighted by molar-refractivity contribution is 5.96. The number of hydrogen-bond acceptors (Lipinski definition) is 5. The third-order valence-electron chi connectivity index (χ3n) is 8.14. The highest BCUT2D eigenvalue weighted by atomic mass is 16.2. The molecule has 2 saturated heterocycles. The molecule has 1 N–H and O–H groups in total. The SMILES string of the molecule is Cc1cc(C)c(C(=O)N2CCN(c3ccccc3C=N)CC2)cc1CN1CCN(c2ccccc2C)CC1. The van der Waals surface area contributed by atoms with E-state index in [1.165, 1.54) is 28.6 Å². The first kappa shape index (κ1) is 26.0. The van der Waals surface area contributed by atoms with E-state index in [2.05, 4.69) is 77.9 Å². The van der Waals surface area contributed by atoms with Gasteiger partial charge in [0.2, 0.25) is 0 Å². The Morgan fingerprint density at radius 2 is 1.34 bits per heavy atom. The fraction of sp³-hybridized carbons (Fsp3) is 0.375. The van der Waals surface area contributed by atoms with E-state index in [-0.39, 0.29) is 5.91 Å². The number of piperazine rings is 2. The van der Waals surface area contributed by atoms with Crippen molar-refractivity contribution in [3.8, 4) is 0 Å². The number of rotatable bonds is 6. The Morgan fingerprint density at radius 1 is 0.737 bits per heavy atom. The zero-order valence-electron chi connectivity index (χ0n) is 22.9. The summed E-state index contributed by atoms with van der Waals surface area (Å²) in [6.45, 7) is 14.3. The Hall–Kier alpha value is -3.64. The van der Waals surface area contributed by atoms with Crippen LogP contribution in [0.5, 0.6) is 0 Å². The first-order chi connectivity index (χ1) is 18.4. The molecular formula is C32H39N5O. The van der Waals surface area contributed by atoms with Crippen molar-refractivity contribution >= 4 is 23.5 Å². The lowest BCUT2D eigenvalue weighted by molar-refractivity contribution is 0.0746. The van der Waals surface area contributed by atoms with Crippen LogP contribution in [-0.2, 0) is 6.54 Å². The summed E-state index contributed by atoms with van der Waals surface area (Å²) >= 11 is 0. The van der Waals surface area contributed by atoms with Crippen LogP contribution in [0, 0.1) is 26.2 Å². The van der Waals surface area contributed by atoms with Crippen molar-refractivity contribution in [3.05, 3.63) is 94.0 Å². The molecule has 0 saturated carbocycles. The van der Waals surface area contributed by atoms with Gasteiger partial charge < -0.3 is 20.1 Å². The minimum atomic E-state index is 0.133. The van der Waals surface area contributed by atoms with Gasteiger partial charge in [-0.1, -0.05) is 42.5 Å². The maximum Gasteiger partial charge on any atom is 0.254 e. The molecule has 0 unspecified atom stereocenters. The van der Waals surface area contributed by atoms with Crippen molar-refractivity contribution in [3.63, 3.8) is 0 Å². The molecule has 2 aliphatic heterocycles. The second kappa shape index (κ2) is 11.4. The number of carbonyl (C=O) groups excluding carboxylic acids is 1.